The molecule has 0 fully saturated rings. The Labute approximate surface area is 106 Å². The Morgan fingerprint density at radius 3 is 2.44 bits per heavy atom. The minimum Gasteiger partial charge on any atom is -0.281 e. The molecule has 0 aliphatic carbocycles. The van der Waals surface area contributed by atoms with Crippen LogP contribution < -0.4 is 4.72 Å². The molecule has 0 unspecified atom stereocenters. The number of H-pyrrole nitrogens is 1. The van der Waals surface area contributed by atoms with E-state index in [0.717, 1.165) is 5.69 Å². The maximum atomic E-state index is 12.2. The van der Waals surface area contributed by atoms with Crippen LogP contribution in [0.3, 0.4) is 0 Å². The van der Waals surface area contributed by atoms with E-state index in [0.29, 0.717) is 17.1 Å². The predicted octanol–water partition coefficient (Wildman–Crippen LogP) is 1.53. The summed E-state index contributed by atoms with van der Waals surface area (Å²) in [6.45, 7) is 5.15. The maximum Gasteiger partial charge on any atom is 0.265 e. The summed E-state index contributed by atoms with van der Waals surface area (Å²) >= 11 is 0. The molecule has 96 valence electrons. The number of aromatic nitrogens is 3. The largest absolute Gasteiger partial charge is 0.281 e. The third-order valence-corrected chi connectivity index (χ3v) is 4.14. The van der Waals surface area contributed by atoms with Gasteiger partial charge in [0, 0.05) is 5.69 Å². The molecule has 6 nitrogen and oxygen atoms in total. The van der Waals surface area contributed by atoms with Gasteiger partial charge in [-0.05, 0) is 32.9 Å². The van der Waals surface area contributed by atoms with Gasteiger partial charge >= 0.3 is 0 Å². The second kappa shape index (κ2) is 4.41. The molecule has 18 heavy (non-hydrogen) atoms. The Morgan fingerprint density at radius 1 is 1.22 bits per heavy atom. The molecular weight excluding hydrogens is 252 g/mol. The average molecular weight is 266 g/mol. The van der Waals surface area contributed by atoms with Crippen molar-refractivity contribution in [3.8, 4) is 0 Å². The summed E-state index contributed by atoms with van der Waals surface area (Å²) in [5, 5.41) is 6.53. The van der Waals surface area contributed by atoms with E-state index in [9.17, 15) is 8.42 Å². The number of hydrogen-bond donors (Lipinski definition) is 2. The third kappa shape index (κ3) is 2.35. The number of nitrogens with zero attached hydrogens (tertiary/aromatic N) is 2. The molecule has 0 saturated heterocycles. The lowest BCUT2D eigenvalue weighted by Crippen LogP contribution is -2.14. The van der Waals surface area contributed by atoms with E-state index in [1.807, 2.05) is 6.92 Å². The van der Waals surface area contributed by atoms with Crippen LogP contribution in [-0.2, 0) is 10.0 Å². The van der Waals surface area contributed by atoms with Gasteiger partial charge in [-0.25, -0.2) is 8.42 Å². The molecule has 7 heteroatoms. The number of aryl methyl sites for hydroxylation is 3. The number of anilines is 1. The Hall–Kier alpha value is -1.89. The van der Waals surface area contributed by atoms with Crippen molar-refractivity contribution < 1.29 is 8.42 Å². The van der Waals surface area contributed by atoms with E-state index >= 15 is 0 Å². The Kier molecular flexibility index (Phi) is 3.08. The SMILES string of the molecule is Cc1ccc(NS(=O)(=O)c2c(C)n[nH]c2C)cn1. The molecule has 2 aromatic rings. The van der Waals surface area contributed by atoms with E-state index in [4.69, 9.17) is 0 Å². The Morgan fingerprint density at radius 2 is 1.94 bits per heavy atom. The average Bonchev–Trinajstić information content (AvgIpc) is 2.62. The van der Waals surface area contributed by atoms with Crippen molar-refractivity contribution in [3.63, 3.8) is 0 Å². The summed E-state index contributed by atoms with van der Waals surface area (Å²) in [6.07, 6.45) is 1.48. The van der Waals surface area contributed by atoms with Gasteiger partial charge in [-0.1, -0.05) is 0 Å². The Balaban J connectivity index is 2.36. The molecule has 2 heterocycles. The highest BCUT2D eigenvalue weighted by atomic mass is 32.2. The minimum absolute atomic E-state index is 0.183. The van der Waals surface area contributed by atoms with Gasteiger partial charge < -0.3 is 0 Å². The molecule has 0 amide bonds. The quantitative estimate of drug-likeness (QED) is 0.881. The second-order valence-electron chi connectivity index (χ2n) is 4.06. The van der Waals surface area contributed by atoms with E-state index < -0.39 is 10.0 Å². The van der Waals surface area contributed by atoms with Crippen LogP contribution in [0, 0.1) is 20.8 Å². The summed E-state index contributed by atoms with van der Waals surface area (Å²) in [7, 11) is -3.63. The molecule has 0 aliphatic heterocycles. The Bertz CT molecular complexity index is 639. The summed E-state index contributed by atoms with van der Waals surface area (Å²) in [4.78, 5) is 4.22. The zero-order chi connectivity index (χ0) is 13.3. The fourth-order valence-corrected chi connectivity index (χ4v) is 3.09. The molecule has 2 aromatic heterocycles. The molecule has 0 radical (unpaired) electrons. The van der Waals surface area contributed by atoms with Crippen LogP contribution in [0.25, 0.3) is 0 Å². The lowest BCUT2D eigenvalue weighted by molar-refractivity contribution is 0.600. The van der Waals surface area contributed by atoms with Crippen LogP contribution in [0.1, 0.15) is 17.1 Å². The molecule has 0 saturated carbocycles. The summed E-state index contributed by atoms with van der Waals surface area (Å²) in [5.41, 5.74) is 2.22. The van der Waals surface area contributed by atoms with Gasteiger partial charge in [0.15, 0.2) is 0 Å². The van der Waals surface area contributed by atoms with Crippen molar-refractivity contribution in [1.29, 1.82) is 0 Å². The van der Waals surface area contributed by atoms with Crippen molar-refractivity contribution in [1.82, 2.24) is 15.2 Å². The smallest absolute Gasteiger partial charge is 0.265 e. The van der Waals surface area contributed by atoms with E-state index in [2.05, 4.69) is 19.9 Å². The normalized spacial score (nSPS) is 11.5. The highest BCUT2D eigenvalue weighted by Gasteiger charge is 2.22. The van der Waals surface area contributed by atoms with E-state index in [1.54, 1.807) is 26.0 Å². The summed E-state index contributed by atoms with van der Waals surface area (Å²) < 4.78 is 26.9. The van der Waals surface area contributed by atoms with Gasteiger partial charge in [-0.3, -0.25) is 14.8 Å². The van der Waals surface area contributed by atoms with Crippen molar-refractivity contribution in [2.75, 3.05) is 4.72 Å². The number of rotatable bonds is 3. The number of hydrogen-bond acceptors (Lipinski definition) is 4. The fraction of sp³-hybridized carbons (Fsp3) is 0.273. The highest BCUT2D eigenvalue weighted by molar-refractivity contribution is 7.92. The zero-order valence-corrected chi connectivity index (χ0v) is 11.2. The first-order valence-electron chi connectivity index (χ1n) is 5.37. The topological polar surface area (TPSA) is 87.7 Å². The van der Waals surface area contributed by atoms with E-state index in [-0.39, 0.29) is 4.90 Å². The first-order chi connectivity index (χ1) is 8.40. The van der Waals surface area contributed by atoms with Gasteiger partial charge in [0.05, 0.1) is 23.3 Å². The van der Waals surface area contributed by atoms with Crippen molar-refractivity contribution >= 4 is 15.7 Å². The van der Waals surface area contributed by atoms with Crippen LogP contribution in [0.4, 0.5) is 5.69 Å². The van der Waals surface area contributed by atoms with Crippen molar-refractivity contribution in [3.05, 3.63) is 35.4 Å². The number of sulfonamides is 1. The first kappa shape index (κ1) is 12.6. The molecule has 2 N–H and O–H groups in total. The van der Waals surface area contributed by atoms with Crippen LogP contribution >= 0.6 is 0 Å². The minimum atomic E-state index is -3.63. The van der Waals surface area contributed by atoms with Gasteiger partial charge in [0.25, 0.3) is 10.0 Å². The van der Waals surface area contributed by atoms with Gasteiger partial charge in [0.2, 0.25) is 0 Å². The summed E-state index contributed by atoms with van der Waals surface area (Å²) in [6, 6.07) is 3.41. The standard InChI is InChI=1S/C11H14N4O2S/c1-7-4-5-10(6-12-7)15-18(16,17)11-8(2)13-14-9(11)3/h4-6,15H,1-3H3,(H,13,14). The van der Waals surface area contributed by atoms with Gasteiger partial charge in [0.1, 0.15) is 4.90 Å². The van der Waals surface area contributed by atoms with Crippen molar-refractivity contribution in [2.45, 2.75) is 25.7 Å². The van der Waals surface area contributed by atoms with Crippen LogP contribution in [0.2, 0.25) is 0 Å². The summed E-state index contributed by atoms with van der Waals surface area (Å²) in [5.74, 6) is 0. The zero-order valence-electron chi connectivity index (χ0n) is 10.4. The third-order valence-electron chi connectivity index (χ3n) is 2.49. The highest BCUT2D eigenvalue weighted by Crippen LogP contribution is 2.20. The lowest BCUT2D eigenvalue weighted by Gasteiger charge is -2.07. The molecule has 0 atom stereocenters. The molecular formula is C11H14N4O2S. The fourth-order valence-electron chi connectivity index (χ4n) is 1.67. The maximum absolute atomic E-state index is 12.2. The van der Waals surface area contributed by atoms with E-state index in [1.165, 1.54) is 6.20 Å². The molecule has 0 spiro atoms. The molecule has 2 rings (SSSR count). The predicted molar refractivity (Wildman–Crippen MR) is 67.8 cm³/mol. The monoisotopic (exact) mass is 266 g/mol. The van der Waals surface area contributed by atoms with Crippen LogP contribution in [0.15, 0.2) is 23.2 Å². The van der Waals surface area contributed by atoms with Crippen molar-refractivity contribution in [2.24, 2.45) is 0 Å². The number of aromatic amines is 1. The van der Waals surface area contributed by atoms with Gasteiger partial charge in [-0.15, -0.1) is 0 Å². The second-order valence-corrected chi connectivity index (χ2v) is 5.68. The van der Waals surface area contributed by atoms with Crippen LogP contribution in [0.5, 0.6) is 0 Å². The number of pyridine rings is 1. The lowest BCUT2D eigenvalue weighted by atomic mass is 10.4. The molecule has 0 bridgehead atoms. The molecule has 0 aliphatic rings. The van der Waals surface area contributed by atoms with Crippen LogP contribution in [-0.4, -0.2) is 23.6 Å². The molecule has 0 aromatic carbocycles. The first-order valence-corrected chi connectivity index (χ1v) is 6.85. The number of nitrogens with one attached hydrogen (secondary N) is 2. The van der Waals surface area contributed by atoms with Gasteiger partial charge in [-0.2, -0.15) is 5.10 Å².